The highest BCUT2D eigenvalue weighted by atomic mass is 32.2. The molecule has 24 heavy (non-hydrogen) atoms. The van der Waals surface area contributed by atoms with E-state index in [-0.39, 0.29) is 5.72 Å². The molecule has 4 rings (SSSR count). The maximum absolute atomic E-state index is 13.1. The lowest BCUT2D eigenvalue weighted by atomic mass is 9.84. The summed E-state index contributed by atoms with van der Waals surface area (Å²) in [6.07, 6.45) is 6.16. The van der Waals surface area contributed by atoms with Crippen LogP contribution in [0.5, 0.6) is 0 Å². The van der Waals surface area contributed by atoms with Gasteiger partial charge >= 0.3 is 0 Å². The van der Waals surface area contributed by atoms with Crippen LogP contribution in [-0.2, 0) is 15.7 Å². The van der Waals surface area contributed by atoms with Gasteiger partial charge in [0.15, 0.2) is 0 Å². The monoisotopic (exact) mass is 348 g/mol. The van der Waals surface area contributed by atoms with E-state index >= 15 is 0 Å². The van der Waals surface area contributed by atoms with Gasteiger partial charge in [0.1, 0.15) is 16.7 Å². The third-order valence-corrected chi connectivity index (χ3v) is 7.51. The van der Waals surface area contributed by atoms with Crippen molar-refractivity contribution in [3.63, 3.8) is 0 Å². The molecular weight excluding hydrogens is 320 g/mol. The van der Waals surface area contributed by atoms with Gasteiger partial charge in [0.25, 0.3) is 0 Å². The lowest BCUT2D eigenvalue weighted by molar-refractivity contribution is -0.0917. The largest absolute Gasteiger partial charge is 0.358 e. The normalized spacial score (nSPS) is 26.5. The Morgan fingerprint density at radius 3 is 2.50 bits per heavy atom. The highest BCUT2D eigenvalue weighted by Crippen LogP contribution is 2.37. The highest BCUT2D eigenvalue weighted by molar-refractivity contribution is 7.82. The Hall–Kier alpha value is -0.750. The smallest absolute Gasteiger partial charge is 0.135 e. The number of aryl methyl sites for hydroxylation is 1. The van der Waals surface area contributed by atoms with Gasteiger partial charge in [0.2, 0.25) is 0 Å². The predicted octanol–water partition coefficient (Wildman–Crippen LogP) is 2.94. The Bertz CT molecular complexity index is 592. The number of ether oxygens (including phenoxy) is 1. The maximum Gasteiger partial charge on any atom is 0.135 e. The van der Waals surface area contributed by atoms with Crippen molar-refractivity contribution in [2.75, 3.05) is 32.8 Å². The number of rotatable bonds is 4. The molecule has 3 aliphatic rings. The summed E-state index contributed by atoms with van der Waals surface area (Å²) < 4.78 is 21.4. The van der Waals surface area contributed by atoms with E-state index in [1.807, 2.05) is 24.3 Å². The molecule has 0 bridgehead atoms. The molecule has 1 aliphatic carbocycles. The zero-order valence-corrected chi connectivity index (χ0v) is 15.4. The molecule has 2 heterocycles. The minimum Gasteiger partial charge on any atom is -0.358 e. The SMILES string of the molecule is Cc1ccc(S(=O)N2CCOC23CCN(CC2CCC2)CC3)cc1. The molecule has 0 amide bonds. The molecule has 0 N–H and O–H groups in total. The van der Waals surface area contributed by atoms with Crippen LogP contribution in [0.1, 0.15) is 37.7 Å². The van der Waals surface area contributed by atoms with Gasteiger partial charge in [0, 0.05) is 39.0 Å². The lowest BCUT2D eigenvalue weighted by Crippen LogP contribution is -2.54. The van der Waals surface area contributed by atoms with Gasteiger partial charge in [-0.1, -0.05) is 24.1 Å². The van der Waals surface area contributed by atoms with Crippen molar-refractivity contribution in [1.29, 1.82) is 0 Å². The van der Waals surface area contributed by atoms with Crippen LogP contribution in [0.4, 0.5) is 0 Å². The molecule has 0 aromatic heterocycles. The van der Waals surface area contributed by atoms with Crippen LogP contribution in [0.3, 0.4) is 0 Å². The minimum atomic E-state index is -1.13. The van der Waals surface area contributed by atoms with Gasteiger partial charge in [-0.3, -0.25) is 0 Å². The first kappa shape index (κ1) is 16.7. The first-order valence-electron chi connectivity index (χ1n) is 9.29. The van der Waals surface area contributed by atoms with Crippen LogP contribution in [-0.4, -0.2) is 51.9 Å². The molecule has 1 saturated carbocycles. The van der Waals surface area contributed by atoms with Crippen LogP contribution >= 0.6 is 0 Å². The van der Waals surface area contributed by atoms with E-state index < -0.39 is 11.0 Å². The van der Waals surface area contributed by atoms with E-state index in [0.717, 1.165) is 43.3 Å². The Balaban J connectivity index is 1.42. The van der Waals surface area contributed by atoms with E-state index in [1.165, 1.54) is 31.4 Å². The van der Waals surface area contributed by atoms with Gasteiger partial charge in [-0.2, -0.15) is 4.31 Å². The topological polar surface area (TPSA) is 32.8 Å². The number of hydrogen-bond donors (Lipinski definition) is 0. The molecule has 4 nitrogen and oxygen atoms in total. The first-order chi connectivity index (χ1) is 11.7. The summed E-state index contributed by atoms with van der Waals surface area (Å²) in [5, 5.41) is 0. The van der Waals surface area contributed by atoms with Crippen LogP contribution < -0.4 is 0 Å². The van der Waals surface area contributed by atoms with E-state index in [2.05, 4.69) is 16.1 Å². The van der Waals surface area contributed by atoms with E-state index in [0.29, 0.717) is 6.61 Å². The van der Waals surface area contributed by atoms with Crippen LogP contribution in [0, 0.1) is 12.8 Å². The molecule has 1 unspecified atom stereocenters. The number of likely N-dealkylation sites (tertiary alicyclic amines) is 1. The van der Waals surface area contributed by atoms with Gasteiger partial charge in [0.05, 0.1) is 11.5 Å². The number of nitrogens with zero attached hydrogens (tertiary/aromatic N) is 2. The van der Waals surface area contributed by atoms with Gasteiger partial charge in [-0.05, 0) is 37.8 Å². The molecule has 132 valence electrons. The van der Waals surface area contributed by atoms with Gasteiger partial charge in [-0.15, -0.1) is 0 Å². The minimum absolute atomic E-state index is 0.314. The molecule has 1 spiro atoms. The van der Waals surface area contributed by atoms with Crippen molar-refractivity contribution < 1.29 is 8.95 Å². The summed E-state index contributed by atoms with van der Waals surface area (Å²) in [7, 11) is -1.13. The van der Waals surface area contributed by atoms with Gasteiger partial charge in [-0.25, -0.2) is 4.21 Å². The van der Waals surface area contributed by atoms with Crippen molar-refractivity contribution in [2.45, 2.75) is 49.6 Å². The molecule has 0 radical (unpaired) electrons. The molecule has 1 aromatic rings. The fourth-order valence-electron chi connectivity index (χ4n) is 4.13. The summed E-state index contributed by atoms with van der Waals surface area (Å²) >= 11 is 0. The third kappa shape index (κ3) is 3.19. The van der Waals surface area contributed by atoms with Crippen LogP contribution in [0.2, 0.25) is 0 Å². The Morgan fingerprint density at radius 1 is 1.17 bits per heavy atom. The molecular formula is C19H28N2O2S. The molecule has 5 heteroatoms. The van der Waals surface area contributed by atoms with E-state index in [4.69, 9.17) is 4.74 Å². The number of benzene rings is 1. The van der Waals surface area contributed by atoms with Crippen LogP contribution in [0.25, 0.3) is 0 Å². The first-order valence-corrected chi connectivity index (χ1v) is 10.4. The average Bonchev–Trinajstić information content (AvgIpc) is 2.96. The Morgan fingerprint density at radius 2 is 1.88 bits per heavy atom. The standard InChI is InChI=1S/C19H28N2O2S/c1-16-5-7-18(8-6-16)24(22)21-13-14-23-19(21)9-11-20(12-10-19)15-17-3-2-4-17/h5-8,17H,2-4,9-15H2,1H3. The summed E-state index contributed by atoms with van der Waals surface area (Å²) in [6.45, 7) is 6.90. The Kier molecular flexibility index (Phi) is 4.78. The fraction of sp³-hybridized carbons (Fsp3) is 0.684. The Labute approximate surface area is 147 Å². The molecule has 3 fully saturated rings. The predicted molar refractivity (Wildman–Crippen MR) is 96.0 cm³/mol. The van der Waals surface area contributed by atoms with Crippen molar-refractivity contribution in [3.8, 4) is 0 Å². The zero-order valence-electron chi connectivity index (χ0n) is 14.6. The molecule has 2 saturated heterocycles. The fourth-order valence-corrected chi connectivity index (χ4v) is 5.53. The number of hydrogen-bond acceptors (Lipinski definition) is 3. The second-order valence-corrected chi connectivity index (χ2v) is 8.97. The zero-order chi connectivity index (χ0) is 16.6. The highest BCUT2D eigenvalue weighted by Gasteiger charge is 2.47. The van der Waals surface area contributed by atoms with E-state index in [9.17, 15) is 4.21 Å². The van der Waals surface area contributed by atoms with Crippen LogP contribution in [0.15, 0.2) is 29.2 Å². The van der Waals surface area contributed by atoms with Crippen molar-refractivity contribution in [2.24, 2.45) is 5.92 Å². The summed E-state index contributed by atoms with van der Waals surface area (Å²) in [5.74, 6) is 0.918. The molecule has 1 aromatic carbocycles. The number of piperidine rings is 1. The van der Waals surface area contributed by atoms with Crippen molar-refractivity contribution in [3.05, 3.63) is 29.8 Å². The molecule has 1 atom stereocenters. The second-order valence-electron chi connectivity index (χ2n) is 7.56. The van der Waals surface area contributed by atoms with Crippen molar-refractivity contribution in [1.82, 2.24) is 9.21 Å². The summed E-state index contributed by atoms with van der Waals surface area (Å²) in [4.78, 5) is 3.48. The summed E-state index contributed by atoms with van der Waals surface area (Å²) in [6, 6.07) is 8.06. The average molecular weight is 349 g/mol. The van der Waals surface area contributed by atoms with Crippen molar-refractivity contribution >= 4 is 11.0 Å². The summed E-state index contributed by atoms with van der Waals surface area (Å²) in [5.41, 5.74) is 0.888. The molecule has 2 aliphatic heterocycles. The maximum atomic E-state index is 13.1. The second kappa shape index (κ2) is 6.87. The van der Waals surface area contributed by atoms with Gasteiger partial charge < -0.3 is 9.64 Å². The van der Waals surface area contributed by atoms with E-state index in [1.54, 1.807) is 0 Å². The quantitative estimate of drug-likeness (QED) is 0.839. The third-order valence-electron chi connectivity index (χ3n) is 5.92. The lowest BCUT2D eigenvalue weighted by Gasteiger charge is -2.44.